The molecule has 136 valence electrons. The lowest BCUT2D eigenvalue weighted by Gasteiger charge is -2.37. The molecule has 4 heteroatoms. The van der Waals surface area contributed by atoms with Crippen molar-refractivity contribution in [3.8, 4) is 11.8 Å². The molecule has 0 amide bonds. The predicted molar refractivity (Wildman–Crippen MR) is 102 cm³/mol. The fourth-order valence-electron chi connectivity index (χ4n) is 3.96. The predicted octanol–water partition coefficient (Wildman–Crippen LogP) is 4.82. The molecule has 0 radical (unpaired) electrons. The van der Waals surface area contributed by atoms with E-state index in [0.29, 0.717) is 13.0 Å². The van der Waals surface area contributed by atoms with Crippen LogP contribution in [0.15, 0.2) is 40.5 Å². The Hall–Kier alpha value is -2.41. The van der Waals surface area contributed by atoms with E-state index in [-0.39, 0.29) is 17.1 Å². The fourth-order valence-corrected chi connectivity index (χ4v) is 3.96. The summed E-state index contributed by atoms with van der Waals surface area (Å²) in [5.41, 5.74) is 3.31. The van der Waals surface area contributed by atoms with Crippen LogP contribution in [0.5, 0.6) is 5.75 Å². The van der Waals surface area contributed by atoms with Gasteiger partial charge in [-0.2, -0.15) is 5.26 Å². The van der Waals surface area contributed by atoms with Crippen LogP contribution in [0.3, 0.4) is 0 Å². The lowest BCUT2D eigenvalue weighted by Crippen LogP contribution is -2.35. The summed E-state index contributed by atoms with van der Waals surface area (Å²) in [6, 6.07) is 10.2. The summed E-state index contributed by atoms with van der Waals surface area (Å²) in [5, 5.41) is 9.75. The zero-order valence-electron chi connectivity index (χ0n) is 16.0. The van der Waals surface area contributed by atoms with E-state index in [1.165, 1.54) is 0 Å². The van der Waals surface area contributed by atoms with Crippen molar-refractivity contribution in [2.24, 2.45) is 16.3 Å². The first-order valence-electron chi connectivity index (χ1n) is 9.30. The molecule has 3 rings (SSSR count). The molecule has 0 aromatic heterocycles. The van der Waals surface area contributed by atoms with E-state index in [0.717, 1.165) is 41.1 Å². The molecular formula is C22H26N2O2. The Morgan fingerprint density at radius 3 is 2.58 bits per heavy atom. The minimum absolute atomic E-state index is 0.0818. The largest absolute Gasteiger partial charge is 0.494 e. The highest BCUT2D eigenvalue weighted by Crippen LogP contribution is 2.47. The Labute approximate surface area is 155 Å². The van der Waals surface area contributed by atoms with Gasteiger partial charge in [0.1, 0.15) is 5.75 Å². The van der Waals surface area contributed by atoms with Crippen LogP contribution in [-0.2, 0) is 4.79 Å². The van der Waals surface area contributed by atoms with Crippen molar-refractivity contribution in [3.63, 3.8) is 0 Å². The number of benzene rings is 1. The number of carbonyl (C=O) groups is 1. The first-order chi connectivity index (χ1) is 12.4. The van der Waals surface area contributed by atoms with Gasteiger partial charge in [-0.3, -0.25) is 9.79 Å². The highest BCUT2D eigenvalue weighted by atomic mass is 16.5. The van der Waals surface area contributed by atoms with Crippen LogP contribution < -0.4 is 4.74 Å². The van der Waals surface area contributed by atoms with Crippen LogP contribution in [0.1, 0.15) is 58.4 Å². The first-order valence-corrected chi connectivity index (χ1v) is 9.30. The zero-order chi connectivity index (χ0) is 18.9. The van der Waals surface area contributed by atoms with Crippen LogP contribution in [-0.4, -0.2) is 18.1 Å². The van der Waals surface area contributed by atoms with E-state index in [1.807, 2.05) is 31.2 Å². The van der Waals surface area contributed by atoms with Gasteiger partial charge in [0.25, 0.3) is 0 Å². The van der Waals surface area contributed by atoms with Gasteiger partial charge in [0.05, 0.1) is 18.6 Å². The molecule has 0 N–H and O–H groups in total. The maximum absolute atomic E-state index is 12.9. The van der Waals surface area contributed by atoms with Crippen LogP contribution in [0.25, 0.3) is 0 Å². The van der Waals surface area contributed by atoms with Crippen molar-refractivity contribution in [3.05, 3.63) is 41.1 Å². The third kappa shape index (κ3) is 3.44. The number of rotatable bonds is 4. The molecule has 2 atom stereocenters. The van der Waals surface area contributed by atoms with Crippen LogP contribution in [0.2, 0.25) is 0 Å². The molecule has 4 nitrogen and oxygen atoms in total. The van der Waals surface area contributed by atoms with Gasteiger partial charge in [-0.15, -0.1) is 0 Å². The number of nitriles is 1. The second-order valence-electron chi connectivity index (χ2n) is 8.06. The Kier molecular flexibility index (Phi) is 5.00. The molecule has 0 bridgehead atoms. The molecule has 1 heterocycles. The normalized spacial score (nSPS) is 24.6. The topological polar surface area (TPSA) is 62.4 Å². The monoisotopic (exact) mass is 350 g/mol. The number of ether oxygens (including phenoxy) is 1. The molecule has 1 aromatic carbocycles. The molecule has 0 saturated carbocycles. The molecular weight excluding hydrogens is 324 g/mol. The van der Waals surface area contributed by atoms with E-state index >= 15 is 0 Å². The van der Waals surface area contributed by atoms with Crippen molar-refractivity contribution in [2.45, 2.75) is 52.9 Å². The minimum Gasteiger partial charge on any atom is -0.494 e. The minimum atomic E-state index is -0.402. The highest BCUT2D eigenvalue weighted by Gasteiger charge is 2.43. The Bertz CT molecular complexity index is 810. The van der Waals surface area contributed by atoms with Crippen molar-refractivity contribution in [2.75, 3.05) is 6.61 Å². The quantitative estimate of drug-likeness (QED) is 0.782. The highest BCUT2D eigenvalue weighted by molar-refractivity contribution is 6.03. The number of Topliss-reactive ketones (excluding diaryl/α,β-unsaturated/α-hetero) is 1. The molecule has 0 fully saturated rings. The van der Waals surface area contributed by atoms with Gasteiger partial charge >= 0.3 is 0 Å². The molecule has 2 unspecified atom stereocenters. The van der Waals surface area contributed by atoms with E-state index in [4.69, 9.17) is 4.74 Å². The number of aliphatic imine (C=N–C) groups is 1. The molecule has 1 aliphatic carbocycles. The number of nitrogens with zero attached hydrogens (tertiary/aromatic N) is 2. The molecule has 0 spiro atoms. The third-order valence-electron chi connectivity index (χ3n) is 5.15. The maximum atomic E-state index is 12.9. The van der Waals surface area contributed by atoms with Gasteiger partial charge in [0.15, 0.2) is 5.78 Å². The van der Waals surface area contributed by atoms with Gasteiger partial charge in [0.2, 0.25) is 0 Å². The molecule has 1 aliphatic heterocycles. The second-order valence-corrected chi connectivity index (χ2v) is 8.06. The van der Waals surface area contributed by atoms with E-state index < -0.39 is 5.92 Å². The standard InChI is InChI=1S/C22H26N2O2/c1-5-10-26-16-8-6-15(7-9-16)20-17(13-23)14(2)24-18-11-22(3,4)12-19(25)21(18)20/h6-9,17,20H,5,10-12H2,1-4H3. The van der Waals surface area contributed by atoms with Gasteiger partial charge in [-0.25, -0.2) is 0 Å². The van der Waals surface area contributed by atoms with E-state index in [9.17, 15) is 10.1 Å². The molecule has 2 aliphatic rings. The van der Waals surface area contributed by atoms with Gasteiger partial charge in [-0.1, -0.05) is 32.9 Å². The number of carbonyl (C=O) groups excluding carboxylic acids is 1. The summed E-state index contributed by atoms with van der Waals surface area (Å²) in [4.78, 5) is 17.6. The summed E-state index contributed by atoms with van der Waals surface area (Å²) in [7, 11) is 0. The van der Waals surface area contributed by atoms with Crippen molar-refractivity contribution >= 4 is 11.5 Å². The SMILES string of the molecule is CCCOc1ccc(C2C3=C(CC(C)(C)CC3=O)N=C(C)C2C#N)cc1. The molecule has 0 saturated heterocycles. The van der Waals surface area contributed by atoms with Crippen LogP contribution in [0, 0.1) is 22.7 Å². The average molecular weight is 350 g/mol. The van der Waals surface area contributed by atoms with Crippen LogP contribution in [0.4, 0.5) is 0 Å². The van der Waals surface area contributed by atoms with Crippen molar-refractivity contribution < 1.29 is 9.53 Å². The number of ketones is 1. The second kappa shape index (κ2) is 7.07. The summed E-state index contributed by atoms with van der Waals surface area (Å²) in [5.74, 6) is 0.303. The maximum Gasteiger partial charge on any atom is 0.161 e. The fraction of sp³-hybridized carbons (Fsp3) is 0.500. The van der Waals surface area contributed by atoms with Gasteiger partial charge < -0.3 is 4.74 Å². The third-order valence-corrected chi connectivity index (χ3v) is 5.15. The van der Waals surface area contributed by atoms with E-state index in [1.54, 1.807) is 0 Å². The Morgan fingerprint density at radius 2 is 1.96 bits per heavy atom. The number of hydrogen-bond acceptors (Lipinski definition) is 4. The summed E-state index contributed by atoms with van der Waals surface area (Å²) < 4.78 is 5.66. The Balaban J connectivity index is 2.03. The number of hydrogen-bond donors (Lipinski definition) is 0. The average Bonchev–Trinajstić information content (AvgIpc) is 2.58. The molecule has 1 aromatic rings. The lowest BCUT2D eigenvalue weighted by atomic mass is 9.67. The smallest absolute Gasteiger partial charge is 0.161 e. The first kappa shape index (κ1) is 18.4. The molecule has 26 heavy (non-hydrogen) atoms. The Morgan fingerprint density at radius 1 is 1.27 bits per heavy atom. The summed E-state index contributed by atoms with van der Waals surface area (Å²) in [6.07, 6.45) is 2.24. The van der Waals surface area contributed by atoms with Gasteiger partial charge in [-0.05, 0) is 42.9 Å². The zero-order valence-corrected chi connectivity index (χ0v) is 16.0. The lowest BCUT2D eigenvalue weighted by molar-refractivity contribution is -0.118. The van der Waals surface area contributed by atoms with Crippen molar-refractivity contribution in [1.29, 1.82) is 5.26 Å². The van der Waals surface area contributed by atoms with E-state index in [2.05, 4.69) is 31.8 Å². The summed E-state index contributed by atoms with van der Waals surface area (Å²) in [6.45, 7) is 8.85. The van der Waals surface area contributed by atoms with Crippen molar-refractivity contribution in [1.82, 2.24) is 0 Å². The summed E-state index contributed by atoms with van der Waals surface area (Å²) >= 11 is 0. The number of allylic oxidation sites excluding steroid dienone is 2. The van der Waals surface area contributed by atoms with Crippen LogP contribution >= 0.6 is 0 Å². The van der Waals surface area contributed by atoms with Gasteiger partial charge in [0, 0.05) is 29.3 Å².